The summed E-state index contributed by atoms with van der Waals surface area (Å²) in [5.74, 6) is 0.443. The molecular weight excluding hydrogens is 322 g/mol. The third-order valence-electron chi connectivity index (χ3n) is 3.81. The van der Waals surface area contributed by atoms with Gasteiger partial charge in [-0.3, -0.25) is 4.79 Å². The molecule has 24 heavy (non-hydrogen) atoms. The minimum absolute atomic E-state index is 0.0483. The average Bonchev–Trinajstić information content (AvgIpc) is 2.57. The van der Waals surface area contributed by atoms with Crippen LogP contribution in [0, 0.1) is 13.8 Å². The van der Waals surface area contributed by atoms with E-state index in [0.717, 1.165) is 32.6 Å². The van der Waals surface area contributed by atoms with Crippen LogP contribution in [0.5, 0.6) is 5.75 Å². The van der Waals surface area contributed by atoms with E-state index in [1.165, 1.54) is 0 Å². The molecule has 3 rings (SSSR count). The van der Waals surface area contributed by atoms with Crippen molar-refractivity contribution >= 4 is 34.0 Å². The molecule has 0 aliphatic heterocycles. The van der Waals surface area contributed by atoms with Gasteiger partial charge in [-0.2, -0.15) is 0 Å². The summed E-state index contributed by atoms with van der Waals surface area (Å²) in [6, 6.07) is 17.5. The molecule has 0 saturated carbocycles. The summed E-state index contributed by atoms with van der Waals surface area (Å²) >= 11 is 6.13. The number of nitrogens with one attached hydrogen (secondary N) is 1. The van der Waals surface area contributed by atoms with E-state index < -0.39 is 0 Å². The molecule has 3 nitrogen and oxygen atoms in total. The molecule has 0 atom stereocenters. The lowest BCUT2D eigenvalue weighted by atomic mass is 10.1. The molecule has 0 spiro atoms. The highest BCUT2D eigenvalue weighted by Crippen LogP contribution is 2.26. The lowest BCUT2D eigenvalue weighted by molar-refractivity contribution is -0.118. The number of anilines is 1. The molecule has 1 N–H and O–H groups in total. The first-order chi connectivity index (χ1) is 11.5. The second kappa shape index (κ2) is 6.93. The van der Waals surface area contributed by atoms with E-state index in [2.05, 4.69) is 5.32 Å². The van der Waals surface area contributed by atoms with Crippen molar-refractivity contribution < 1.29 is 9.53 Å². The Bertz CT molecular complexity index is 882. The van der Waals surface area contributed by atoms with Crippen molar-refractivity contribution in [3.63, 3.8) is 0 Å². The minimum atomic E-state index is -0.199. The summed E-state index contributed by atoms with van der Waals surface area (Å²) in [6.45, 7) is 3.78. The summed E-state index contributed by atoms with van der Waals surface area (Å²) in [4.78, 5) is 12.1. The highest BCUT2D eigenvalue weighted by molar-refractivity contribution is 6.32. The van der Waals surface area contributed by atoms with Crippen LogP contribution in [-0.4, -0.2) is 12.5 Å². The van der Waals surface area contributed by atoms with Gasteiger partial charge < -0.3 is 10.1 Å². The summed E-state index contributed by atoms with van der Waals surface area (Å²) < 4.78 is 5.57. The van der Waals surface area contributed by atoms with Crippen LogP contribution in [0.3, 0.4) is 0 Å². The maximum atomic E-state index is 12.1. The molecule has 0 fully saturated rings. The Kier molecular flexibility index (Phi) is 4.72. The van der Waals surface area contributed by atoms with Crippen molar-refractivity contribution in [1.82, 2.24) is 0 Å². The quantitative estimate of drug-likeness (QED) is 0.715. The van der Waals surface area contributed by atoms with E-state index in [9.17, 15) is 4.79 Å². The second-order valence-electron chi connectivity index (χ2n) is 5.77. The molecule has 0 aromatic heterocycles. The van der Waals surface area contributed by atoms with Gasteiger partial charge >= 0.3 is 0 Å². The van der Waals surface area contributed by atoms with Gasteiger partial charge in [0.15, 0.2) is 6.61 Å². The molecule has 3 aromatic rings. The third-order valence-corrected chi connectivity index (χ3v) is 4.41. The smallest absolute Gasteiger partial charge is 0.262 e. The molecule has 122 valence electrons. The standard InChI is InChI=1S/C20H18ClNO2/c1-13-9-18(10-14(2)20(13)21)24-12-19(23)22-17-8-7-15-5-3-4-6-16(15)11-17/h3-11H,12H2,1-2H3,(H,22,23). The number of carbonyl (C=O) groups is 1. The first-order valence-electron chi connectivity index (χ1n) is 7.71. The second-order valence-corrected chi connectivity index (χ2v) is 6.15. The Morgan fingerprint density at radius 1 is 1.00 bits per heavy atom. The number of ether oxygens (including phenoxy) is 1. The van der Waals surface area contributed by atoms with Crippen molar-refractivity contribution in [2.45, 2.75) is 13.8 Å². The zero-order valence-corrected chi connectivity index (χ0v) is 14.4. The van der Waals surface area contributed by atoms with Crippen molar-refractivity contribution in [1.29, 1.82) is 0 Å². The van der Waals surface area contributed by atoms with Crippen molar-refractivity contribution in [3.8, 4) is 5.75 Å². The van der Waals surface area contributed by atoms with Crippen LogP contribution >= 0.6 is 11.6 Å². The zero-order valence-electron chi connectivity index (χ0n) is 13.6. The Hall–Kier alpha value is -2.52. The topological polar surface area (TPSA) is 38.3 Å². The van der Waals surface area contributed by atoms with Crippen LogP contribution in [0.25, 0.3) is 10.8 Å². The molecule has 1 amide bonds. The van der Waals surface area contributed by atoms with Gasteiger partial charge in [0, 0.05) is 10.7 Å². The van der Waals surface area contributed by atoms with Crippen LogP contribution in [0.2, 0.25) is 5.02 Å². The fraction of sp³-hybridized carbons (Fsp3) is 0.150. The predicted molar refractivity (Wildman–Crippen MR) is 99.0 cm³/mol. The lowest BCUT2D eigenvalue weighted by Crippen LogP contribution is -2.20. The molecule has 0 heterocycles. The summed E-state index contributed by atoms with van der Waals surface area (Å²) in [5, 5.41) is 5.80. The molecule has 0 bridgehead atoms. The van der Waals surface area contributed by atoms with E-state index in [1.54, 1.807) is 0 Å². The number of halogens is 1. The number of aryl methyl sites for hydroxylation is 2. The first kappa shape index (κ1) is 16.3. The molecular formula is C20H18ClNO2. The van der Waals surface area contributed by atoms with Gasteiger partial charge in [0.25, 0.3) is 5.91 Å². The van der Waals surface area contributed by atoms with E-state index in [-0.39, 0.29) is 12.5 Å². The van der Waals surface area contributed by atoms with E-state index in [0.29, 0.717) is 5.75 Å². The Labute approximate surface area is 146 Å². The number of benzene rings is 3. The van der Waals surface area contributed by atoms with E-state index in [4.69, 9.17) is 16.3 Å². The molecule has 3 aromatic carbocycles. The minimum Gasteiger partial charge on any atom is -0.484 e. The van der Waals surface area contributed by atoms with E-state index in [1.807, 2.05) is 68.4 Å². The first-order valence-corrected chi connectivity index (χ1v) is 8.09. The average molecular weight is 340 g/mol. The van der Waals surface area contributed by atoms with Crippen molar-refractivity contribution in [3.05, 3.63) is 70.7 Å². The van der Waals surface area contributed by atoms with Gasteiger partial charge in [0.05, 0.1) is 0 Å². The van der Waals surface area contributed by atoms with Crippen molar-refractivity contribution in [2.24, 2.45) is 0 Å². The number of hydrogen-bond donors (Lipinski definition) is 1. The summed E-state index contributed by atoms with van der Waals surface area (Å²) in [7, 11) is 0. The summed E-state index contributed by atoms with van der Waals surface area (Å²) in [5.41, 5.74) is 2.62. The third kappa shape index (κ3) is 3.69. The molecule has 4 heteroatoms. The SMILES string of the molecule is Cc1cc(OCC(=O)Nc2ccc3ccccc3c2)cc(C)c1Cl. The van der Waals surface area contributed by atoms with Gasteiger partial charge in [-0.05, 0) is 60.0 Å². The maximum Gasteiger partial charge on any atom is 0.262 e. The molecule has 0 aliphatic rings. The largest absolute Gasteiger partial charge is 0.484 e. The highest BCUT2D eigenvalue weighted by atomic mass is 35.5. The molecule has 0 unspecified atom stereocenters. The molecule has 0 radical (unpaired) electrons. The van der Waals surface area contributed by atoms with Gasteiger partial charge in [0.2, 0.25) is 0 Å². The van der Waals surface area contributed by atoms with Crippen LogP contribution < -0.4 is 10.1 Å². The van der Waals surface area contributed by atoms with Gasteiger partial charge in [0.1, 0.15) is 5.75 Å². The number of hydrogen-bond acceptors (Lipinski definition) is 2. The van der Waals surface area contributed by atoms with Crippen molar-refractivity contribution in [2.75, 3.05) is 11.9 Å². The summed E-state index contributed by atoms with van der Waals surface area (Å²) in [6.07, 6.45) is 0. The zero-order chi connectivity index (χ0) is 17.1. The van der Waals surface area contributed by atoms with Crippen LogP contribution in [-0.2, 0) is 4.79 Å². The number of carbonyl (C=O) groups excluding carboxylic acids is 1. The number of fused-ring (bicyclic) bond motifs is 1. The fourth-order valence-corrected chi connectivity index (χ4v) is 2.71. The fourth-order valence-electron chi connectivity index (χ4n) is 2.60. The van der Waals surface area contributed by atoms with Gasteiger partial charge in [-0.15, -0.1) is 0 Å². The Morgan fingerprint density at radius 3 is 2.38 bits per heavy atom. The van der Waals surface area contributed by atoms with Gasteiger partial charge in [-0.25, -0.2) is 0 Å². The Morgan fingerprint density at radius 2 is 1.67 bits per heavy atom. The van der Waals surface area contributed by atoms with Crippen LogP contribution in [0.15, 0.2) is 54.6 Å². The van der Waals surface area contributed by atoms with Crippen LogP contribution in [0.1, 0.15) is 11.1 Å². The normalized spacial score (nSPS) is 10.6. The number of rotatable bonds is 4. The number of amides is 1. The monoisotopic (exact) mass is 339 g/mol. The highest BCUT2D eigenvalue weighted by Gasteiger charge is 2.07. The predicted octanol–water partition coefficient (Wildman–Crippen LogP) is 5.13. The molecule has 0 aliphatic carbocycles. The van der Waals surface area contributed by atoms with Gasteiger partial charge in [-0.1, -0.05) is 41.9 Å². The van der Waals surface area contributed by atoms with E-state index >= 15 is 0 Å². The van der Waals surface area contributed by atoms with Crippen LogP contribution in [0.4, 0.5) is 5.69 Å². The maximum absolute atomic E-state index is 12.1. The lowest BCUT2D eigenvalue weighted by Gasteiger charge is -2.11. The molecule has 0 saturated heterocycles. The Balaban J connectivity index is 1.64.